The first kappa shape index (κ1) is 18.2. The van der Waals surface area contributed by atoms with Gasteiger partial charge in [0.25, 0.3) is 11.8 Å². The molecule has 2 rings (SSSR count). The lowest BCUT2D eigenvalue weighted by atomic mass is 10.1. The molecule has 0 aliphatic carbocycles. The average Bonchev–Trinajstić information content (AvgIpc) is 2.62. The number of aryl methyl sites for hydroxylation is 1. The molecular weight excluding hydrogens is 318 g/mol. The van der Waals surface area contributed by atoms with Crippen LogP contribution in [0.4, 0.5) is 0 Å². The van der Waals surface area contributed by atoms with E-state index in [9.17, 15) is 9.59 Å². The molecule has 0 aliphatic rings. The Morgan fingerprint density at radius 1 is 1.08 bits per heavy atom. The van der Waals surface area contributed by atoms with Gasteiger partial charge in [0.1, 0.15) is 5.75 Å². The number of nitrogens with zero attached hydrogens (tertiary/aromatic N) is 1. The van der Waals surface area contributed by atoms with Gasteiger partial charge in [-0.3, -0.25) is 9.59 Å². The third-order valence-electron chi connectivity index (χ3n) is 3.32. The van der Waals surface area contributed by atoms with Crippen LogP contribution in [0.5, 0.6) is 5.75 Å². The van der Waals surface area contributed by atoms with Crippen LogP contribution in [0.25, 0.3) is 0 Å². The van der Waals surface area contributed by atoms with Crippen molar-refractivity contribution >= 4 is 18.0 Å². The van der Waals surface area contributed by atoms with Gasteiger partial charge in [-0.2, -0.15) is 5.10 Å². The van der Waals surface area contributed by atoms with Gasteiger partial charge in [0, 0.05) is 5.56 Å². The van der Waals surface area contributed by atoms with E-state index in [1.54, 1.807) is 12.1 Å². The van der Waals surface area contributed by atoms with Crippen molar-refractivity contribution in [2.24, 2.45) is 5.10 Å². The van der Waals surface area contributed by atoms with Crippen LogP contribution in [0, 0.1) is 6.92 Å². The van der Waals surface area contributed by atoms with Gasteiger partial charge in [-0.1, -0.05) is 17.7 Å². The fourth-order valence-corrected chi connectivity index (χ4v) is 2.00. The largest absolute Gasteiger partial charge is 0.494 e. The van der Waals surface area contributed by atoms with Crippen LogP contribution in [0.1, 0.15) is 28.4 Å². The van der Waals surface area contributed by atoms with E-state index in [0.29, 0.717) is 12.2 Å². The Bertz CT molecular complexity index is 738. The zero-order valence-corrected chi connectivity index (χ0v) is 14.3. The molecule has 0 spiro atoms. The summed E-state index contributed by atoms with van der Waals surface area (Å²) in [6, 6.07) is 14.4. The van der Waals surface area contributed by atoms with Crippen LogP contribution in [0.2, 0.25) is 0 Å². The summed E-state index contributed by atoms with van der Waals surface area (Å²) in [4.78, 5) is 23.6. The lowest BCUT2D eigenvalue weighted by Crippen LogP contribution is -2.34. The molecule has 2 aromatic rings. The van der Waals surface area contributed by atoms with Gasteiger partial charge in [-0.25, -0.2) is 5.43 Å². The molecule has 0 saturated carbocycles. The molecule has 2 N–H and O–H groups in total. The molecule has 25 heavy (non-hydrogen) atoms. The molecule has 0 aromatic heterocycles. The average molecular weight is 339 g/mol. The smallest absolute Gasteiger partial charge is 0.259 e. The van der Waals surface area contributed by atoms with Crippen molar-refractivity contribution < 1.29 is 14.3 Å². The second-order valence-corrected chi connectivity index (χ2v) is 5.34. The lowest BCUT2D eigenvalue weighted by Gasteiger charge is -2.04. The summed E-state index contributed by atoms with van der Waals surface area (Å²) in [5.41, 5.74) is 4.78. The Morgan fingerprint density at radius 2 is 1.76 bits per heavy atom. The zero-order chi connectivity index (χ0) is 18.1. The highest BCUT2D eigenvalue weighted by molar-refractivity contribution is 5.96. The van der Waals surface area contributed by atoms with Gasteiger partial charge in [0.2, 0.25) is 0 Å². The van der Waals surface area contributed by atoms with Crippen LogP contribution in [-0.4, -0.2) is 31.2 Å². The van der Waals surface area contributed by atoms with Gasteiger partial charge < -0.3 is 10.1 Å². The second-order valence-electron chi connectivity index (χ2n) is 5.34. The number of hydrogen-bond acceptors (Lipinski definition) is 4. The van der Waals surface area contributed by atoms with E-state index < -0.39 is 5.91 Å². The summed E-state index contributed by atoms with van der Waals surface area (Å²) in [5.74, 6) is 0.0794. The minimum atomic E-state index is -0.400. The van der Waals surface area contributed by atoms with Crippen molar-refractivity contribution in [3.8, 4) is 5.75 Å². The predicted octanol–water partition coefficient (Wildman–Crippen LogP) is 2.27. The molecule has 2 aromatic carbocycles. The van der Waals surface area contributed by atoms with E-state index in [1.807, 2.05) is 50.2 Å². The van der Waals surface area contributed by atoms with E-state index in [4.69, 9.17) is 4.74 Å². The molecule has 0 atom stereocenters. The molecule has 0 aliphatic heterocycles. The highest BCUT2D eigenvalue weighted by atomic mass is 16.5. The van der Waals surface area contributed by atoms with Crippen molar-refractivity contribution in [1.82, 2.24) is 10.7 Å². The number of ether oxygens (including phenoxy) is 1. The normalized spacial score (nSPS) is 10.5. The lowest BCUT2D eigenvalue weighted by molar-refractivity contribution is -0.120. The number of nitrogens with one attached hydrogen (secondary N) is 2. The number of rotatable bonds is 7. The number of benzene rings is 2. The third kappa shape index (κ3) is 6.10. The fourth-order valence-electron chi connectivity index (χ4n) is 2.00. The molecule has 0 radical (unpaired) electrons. The van der Waals surface area contributed by atoms with E-state index in [1.165, 1.54) is 6.21 Å². The standard InChI is InChI=1S/C19H21N3O3/c1-3-25-17-10-6-15(7-11-17)12-21-22-18(23)13-20-19(24)16-8-4-14(2)5-9-16/h4-12H,3,13H2,1-2H3,(H,20,24)(H,22,23)/b21-12+. The van der Waals surface area contributed by atoms with Gasteiger partial charge in [-0.05, 0) is 55.8 Å². The van der Waals surface area contributed by atoms with Gasteiger partial charge in [-0.15, -0.1) is 0 Å². The van der Waals surface area contributed by atoms with Crippen LogP contribution in [0.3, 0.4) is 0 Å². The number of carbonyl (C=O) groups is 2. The van der Waals surface area contributed by atoms with Crippen molar-refractivity contribution in [3.63, 3.8) is 0 Å². The molecule has 0 unspecified atom stereocenters. The Morgan fingerprint density at radius 3 is 2.40 bits per heavy atom. The Labute approximate surface area is 146 Å². The SMILES string of the molecule is CCOc1ccc(/C=N/NC(=O)CNC(=O)c2ccc(C)cc2)cc1. The topological polar surface area (TPSA) is 79.8 Å². The molecule has 0 saturated heterocycles. The Kier molecular flexibility index (Phi) is 6.71. The van der Waals surface area contributed by atoms with E-state index in [0.717, 1.165) is 16.9 Å². The monoisotopic (exact) mass is 339 g/mol. The quantitative estimate of drug-likeness (QED) is 0.600. The number of amides is 2. The van der Waals surface area contributed by atoms with Crippen molar-refractivity contribution in [1.29, 1.82) is 0 Å². The summed E-state index contributed by atoms with van der Waals surface area (Å²) in [6.45, 7) is 4.32. The zero-order valence-electron chi connectivity index (χ0n) is 14.3. The molecule has 2 amide bonds. The summed E-state index contributed by atoms with van der Waals surface area (Å²) < 4.78 is 5.35. The molecule has 0 heterocycles. The van der Waals surface area contributed by atoms with Crippen molar-refractivity contribution in [2.75, 3.05) is 13.2 Å². The maximum atomic E-state index is 11.9. The van der Waals surface area contributed by atoms with Crippen LogP contribution >= 0.6 is 0 Å². The fraction of sp³-hybridized carbons (Fsp3) is 0.211. The molecule has 6 heteroatoms. The third-order valence-corrected chi connectivity index (χ3v) is 3.32. The highest BCUT2D eigenvalue weighted by Gasteiger charge is 2.07. The second kappa shape index (κ2) is 9.22. The summed E-state index contributed by atoms with van der Waals surface area (Å²) in [7, 11) is 0. The molecule has 0 bridgehead atoms. The van der Waals surface area contributed by atoms with Gasteiger partial charge in [0.15, 0.2) is 0 Å². The number of hydrazone groups is 1. The summed E-state index contributed by atoms with van der Waals surface area (Å²) >= 11 is 0. The van der Waals surface area contributed by atoms with Crippen molar-refractivity contribution in [2.45, 2.75) is 13.8 Å². The van der Waals surface area contributed by atoms with Gasteiger partial charge in [0.05, 0.1) is 19.4 Å². The first-order valence-electron chi connectivity index (χ1n) is 7.98. The van der Waals surface area contributed by atoms with E-state index in [-0.39, 0.29) is 12.5 Å². The molecular formula is C19H21N3O3. The first-order valence-corrected chi connectivity index (χ1v) is 7.98. The van der Waals surface area contributed by atoms with Crippen LogP contribution < -0.4 is 15.5 Å². The summed E-state index contributed by atoms with van der Waals surface area (Å²) in [6.07, 6.45) is 1.52. The maximum absolute atomic E-state index is 11.9. The maximum Gasteiger partial charge on any atom is 0.259 e. The Hall–Kier alpha value is -3.15. The van der Waals surface area contributed by atoms with E-state index in [2.05, 4.69) is 15.8 Å². The van der Waals surface area contributed by atoms with Gasteiger partial charge >= 0.3 is 0 Å². The Balaban J connectivity index is 1.76. The first-order chi connectivity index (χ1) is 12.1. The minimum absolute atomic E-state index is 0.146. The van der Waals surface area contributed by atoms with Crippen LogP contribution in [-0.2, 0) is 4.79 Å². The minimum Gasteiger partial charge on any atom is -0.494 e. The molecule has 130 valence electrons. The van der Waals surface area contributed by atoms with Crippen LogP contribution in [0.15, 0.2) is 53.6 Å². The van der Waals surface area contributed by atoms with E-state index >= 15 is 0 Å². The van der Waals surface area contributed by atoms with Crippen molar-refractivity contribution in [3.05, 3.63) is 65.2 Å². The predicted molar refractivity (Wildman–Crippen MR) is 96.9 cm³/mol. The summed E-state index contributed by atoms with van der Waals surface area (Å²) in [5, 5.41) is 6.41. The number of carbonyl (C=O) groups excluding carboxylic acids is 2. The molecule has 6 nitrogen and oxygen atoms in total. The highest BCUT2D eigenvalue weighted by Crippen LogP contribution is 2.10. The molecule has 0 fully saturated rings. The number of hydrogen-bond donors (Lipinski definition) is 2.